The Bertz CT molecular complexity index is 1300. The largest absolute Gasteiger partial charge is 0.480 e. The fourth-order valence-corrected chi connectivity index (χ4v) is 5.36. The van der Waals surface area contributed by atoms with Crippen molar-refractivity contribution >= 4 is 11.9 Å². The molecular weight excluding hydrogens is 526 g/mol. The second-order valence-corrected chi connectivity index (χ2v) is 10.6. The van der Waals surface area contributed by atoms with Gasteiger partial charge in [0, 0.05) is 84.1 Å². The number of hydrogen-bond acceptors (Lipinski definition) is 10. The van der Waals surface area contributed by atoms with Crippen LogP contribution < -0.4 is 0 Å². The highest BCUT2D eigenvalue weighted by atomic mass is 16.4. The van der Waals surface area contributed by atoms with Gasteiger partial charge in [-0.3, -0.25) is 34.2 Å². The second kappa shape index (κ2) is 13.7. The van der Waals surface area contributed by atoms with Crippen LogP contribution in [0.3, 0.4) is 0 Å². The first-order valence-corrected chi connectivity index (χ1v) is 14.0. The summed E-state index contributed by atoms with van der Waals surface area (Å²) in [5.41, 5.74) is 4.34. The summed E-state index contributed by atoms with van der Waals surface area (Å²) in [6.07, 6.45) is 2.40. The van der Waals surface area contributed by atoms with Crippen LogP contribution in [0.4, 0.5) is 0 Å². The molecule has 3 aromatic rings. The number of aliphatic carboxylic acids is 2. The summed E-state index contributed by atoms with van der Waals surface area (Å²) >= 11 is 0. The van der Waals surface area contributed by atoms with Gasteiger partial charge in [-0.25, -0.2) is 9.67 Å². The lowest BCUT2D eigenvalue weighted by atomic mass is 10.2. The van der Waals surface area contributed by atoms with E-state index in [4.69, 9.17) is 9.97 Å². The molecule has 3 aliphatic rings. The first-order chi connectivity index (χ1) is 19.9. The maximum atomic E-state index is 11.7. The SMILES string of the molecule is O=C(O)CN1CCN2CCN(CC(=O)O)CCN(CC1)Cc1cccc(n1)-c1cnnn1CCc1cccc(n1)C2. The molecule has 0 spiro atoms. The average Bonchev–Trinajstić information content (AvgIpc) is 3.41. The van der Waals surface area contributed by atoms with E-state index in [0.29, 0.717) is 78.4 Å². The molecule has 0 radical (unpaired) electrons. The predicted molar refractivity (Wildman–Crippen MR) is 150 cm³/mol. The van der Waals surface area contributed by atoms with Gasteiger partial charge in [0.2, 0.25) is 0 Å². The van der Waals surface area contributed by atoms with Crippen LogP contribution in [0.2, 0.25) is 0 Å². The maximum Gasteiger partial charge on any atom is 0.317 e. The quantitative estimate of drug-likeness (QED) is 0.453. The fourth-order valence-electron chi connectivity index (χ4n) is 5.36. The lowest BCUT2D eigenvalue weighted by Crippen LogP contribution is -2.47. The van der Waals surface area contributed by atoms with Crippen LogP contribution in [-0.2, 0) is 35.6 Å². The van der Waals surface area contributed by atoms with Crippen LogP contribution in [0.1, 0.15) is 17.1 Å². The first kappa shape index (κ1) is 28.7. The van der Waals surface area contributed by atoms with Crippen LogP contribution in [-0.4, -0.2) is 132 Å². The summed E-state index contributed by atoms with van der Waals surface area (Å²) in [7, 11) is 0. The van der Waals surface area contributed by atoms with Gasteiger partial charge in [-0.05, 0) is 24.3 Å². The predicted octanol–water partition coefficient (Wildman–Crippen LogP) is 0.382. The maximum absolute atomic E-state index is 11.7. The van der Waals surface area contributed by atoms with E-state index in [0.717, 1.165) is 28.5 Å². The highest BCUT2D eigenvalue weighted by molar-refractivity contribution is 5.69. The minimum atomic E-state index is -0.852. The smallest absolute Gasteiger partial charge is 0.317 e. The molecule has 3 aliphatic heterocycles. The zero-order valence-electron chi connectivity index (χ0n) is 23.2. The third-order valence-corrected chi connectivity index (χ3v) is 7.55. The summed E-state index contributed by atoms with van der Waals surface area (Å²) in [5.74, 6) is -1.70. The van der Waals surface area contributed by atoms with Gasteiger partial charge in [-0.2, -0.15) is 0 Å². The van der Waals surface area contributed by atoms with Gasteiger partial charge < -0.3 is 10.2 Å². The molecule has 0 atom stereocenters. The van der Waals surface area contributed by atoms with Crippen molar-refractivity contribution in [1.82, 2.24) is 44.6 Å². The van der Waals surface area contributed by atoms with Gasteiger partial charge in [-0.1, -0.05) is 17.3 Å². The topological polar surface area (TPSA) is 144 Å². The molecule has 0 aliphatic carbocycles. The molecule has 2 N–H and O–H groups in total. The van der Waals surface area contributed by atoms with E-state index >= 15 is 0 Å². The molecule has 218 valence electrons. The Morgan fingerprint density at radius 3 is 1.80 bits per heavy atom. The summed E-state index contributed by atoms with van der Waals surface area (Å²) in [6.45, 7) is 6.54. The lowest BCUT2D eigenvalue weighted by Gasteiger charge is -2.33. The highest BCUT2D eigenvalue weighted by Crippen LogP contribution is 2.18. The molecule has 13 heteroatoms. The second-order valence-electron chi connectivity index (χ2n) is 10.6. The zero-order valence-corrected chi connectivity index (χ0v) is 23.2. The third kappa shape index (κ3) is 8.36. The van der Waals surface area contributed by atoms with Gasteiger partial charge in [0.05, 0.1) is 36.4 Å². The standard InChI is InChI=1S/C28H37N9O4/c38-27(39)20-35-13-9-33-10-14-36(21-28(40)41)16-12-34(11-15-35)19-24-5-2-6-25(31-24)26-17-29-32-37(26)8-7-22-3-1-4-23(18-33)30-22/h1-6,17H,7-16,18-21H2,(H,38,39)(H,40,41). The lowest BCUT2D eigenvalue weighted by molar-refractivity contribution is -0.139. The molecule has 41 heavy (non-hydrogen) atoms. The van der Waals surface area contributed by atoms with Crippen LogP contribution in [0, 0.1) is 0 Å². The van der Waals surface area contributed by atoms with Crippen molar-refractivity contribution in [3.05, 3.63) is 59.7 Å². The number of hydrogen-bond donors (Lipinski definition) is 2. The number of carboxylic acid groups (broad SMARTS) is 2. The number of aromatic nitrogens is 5. The molecule has 0 unspecified atom stereocenters. The number of nitrogens with zero attached hydrogens (tertiary/aromatic N) is 9. The molecule has 6 heterocycles. The number of carboxylic acids is 2. The number of rotatable bonds is 4. The summed E-state index contributed by atoms with van der Waals surface area (Å²) < 4.78 is 1.86. The molecule has 1 saturated heterocycles. The Morgan fingerprint density at radius 2 is 1.22 bits per heavy atom. The number of aryl methyl sites for hydroxylation is 2. The molecular formula is C28H37N9O4. The van der Waals surface area contributed by atoms with E-state index in [1.54, 1.807) is 6.20 Å². The molecule has 3 aromatic heterocycles. The Hall–Kier alpha value is -3.78. The first-order valence-electron chi connectivity index (χ1n) is 14.0. The van der Waals surface area contributed by atoms with Gasteiger partial charge in [0.15, 0.2) is 0 Å². The van der Waals surface area contributed by atoms with Crippen molar-refractivity contribution < 1.29 is 19.8 Å². The summed E-state index contributed by atoms with van der Waals surface area (Å²) in [5, 5.41) is 27.6. The third-order valence-electron chi connectivity index (χ3n) is 7.55. The minimum absolute atomic E-state index is 0.0364. The van der Waals surface area contributed by atoms with Crippen molar-refractivity contribution in [2.45, 2.75) is 26.1 Å². The van der Waals surface area contributed by atoms with E-state index in [1.807, 2.05) is 50.9 Å². The van der Waals surface area contributed by atoms with Crippen LogP contribution in [0.5, 0.6) is 0 Å². The number of pyridine rings is 2. The van der Waals surface area contributed by atoms with Crippen molar-refractivity contribution in [3.63, 3.8) is 0 Å². The molecule has 1 fully saturated rings. The summed E-state index contributed by atoms with van der Waals surface area (Å²) in [4.78, 5) is 41.7. The normalized spacial score (nSPS) is 21.4. The van der Waals surface area contributed by atoms with Crippen molar-refractivity contribution in [2.75, 3.05) is 65.4 Å². The van der Waals surface area contributed by atoms with E-state index < -0.39 is 11.9 Å². The Morgan fingerprint density at radius 1 is 0.683 bits per heavy atom. The zero-order chi connectivity index (χ0) is 28.6. The molecule has 0 amide bonds. The van der Waals surface area contributed by atoms with E-state index in [-0.39, 0.29) is 13.1 Å². The van der Waals surface area contributed by atoms with Crippen LogP contribution >= 0.6 is 0 Å². The molecule has 6 rings (SSSR count). The van der Waals surface area contributed by atoms with E-state index in [9.17, 15) is 19.8 Å². The van der Waals surface area contributed by atoms with E-state index in [2.05, 4.69) is 20.1 Å². The Kier molecular flexibility index (Phi) is 9.62. The van der Waals surface area contributed by atoms with Crippen molar-refractivity contribution in [2.24, 2.45) is 0 Å². The van der Waals surface area contributed by atoms with Crippen LogP contribution in [0.25, 0.3) is 11.4 Å². The number of carbonyl (C=O) groups is 2. The van der Waals surface area contributed by atoms with Gasteiger partial charge >= 0.3 is 11.9 Å². The van der Waals surface area contributed by atoms with E-state index in [1.165, 1.54) is 0 Å². The van der Waals surface area contributed by atoms with Gasteiger partial charge in [-0.15, -0.1) is 5.10 Å². The average molecular weight is 564 g/mol. The molecule has 13 nitrogen and oxygen atoms in total. The monoisotopic (exact) mass is 563 g/mol. The van der Waals surface area contributed by atoms with Crippen molar-refractivity contribution in [3.8, 4) is 11.4 Å². The minimum Gasteiger partial charge on any atom is -0.480 e. The fraction of sp³-hybridized carbons (Fsp3) is 0.500. The van der Waals surface area contributed by atoms with Gasteiger partial charge in [0.1, 0.15) is 5.69 Å². The Balaban J connectivity index is 1.52. The van der Waals surface area contributed by atoms with Crippen molar-refractivity contribution in [1.29, 1.82) is 0 Å². The van der Waals surface area contributed by atoms with Gasteiger partial charge in [0.25, 0.3) is 0 Å². The number of fused-ring (bicyclic) bond motifs is 9. The van der Waals surface area contributed by atoms with Crippen LogP contribution in [0.15, 0.2) is 42.6 Å². The Labute approximate surface area is 239 Å². The molecule has 6 bridgehead atoms. The summed E-state index contributed by atoms with van der Waals surface area (Å²) in [6, 6.07) is 11.9. The highest BCUT2D eigenvalue weighted by Gasteiger charge is 2.20. The molecule has 0 saturated carbocycles. The molecule has 0 aromatic carbocycles.